The molecule has 0 amide bonds. The number of hydrogen-bond donors (Lipinski definition) is 1. The van der Waals surface area contributed by atoms with Crippen LogP contribution in [0.25, 0.3) is 0 Å². The summed E-state index contributed by atoms with van der Waals surface area (Å²) in [6, 6.07) is 5.47. The topological polar surface area (TPSA) is 77.2 Å². The number of halogens is 2. The van der Waals surface area contributed by atoms with Crippen LogP contribution in [0.2, 0.25) is 0 Å². The van der Waals surface area contributed by atoms with Crippen LogP contribution in [0.15, 0.2) is 51.9 Å². The Bertz CT molecular complexity index is 704. The van der Waals surface area contributed by atoms with Gasteiger partial charge in [-0.1, -0.05) is 18.7 Å². The molecule has 6 nitrogen and oxygen atoms in total. The van der Waals surface area contributed by atoms with Crippen LogP contribution in [0.5, 0.6) is 0 Å². The minimum atomic E-state index is -0.436. The molecule has 0 saturated carbocycles. The molecule has 0 unspecified atom stereocenters. The molecule has 0 bridgehead atoms. The van der Waals surface area contributed by atoms with Gasteiger partial charge in [0.2, 0.25) is 5.88 Å². The summed E-state index contributed by atoms with van der Waals surface area (Å²) in [6.45, 7) is 6.11. The monoisotopic (exact) mass is 411 g/mol. The first-order valence-electron chi connectivity index (χ1n) is 7.61. The highest BCUT2D eigenvalue weighted by molar-refractivity contribution is 9.12. The van der Waals surface area contributed by atoms with Crippen LogP contribution in [-0.4, -0.2) is 37.0 Å². The summed E-state index contributed by atoms with van der Waals surface area (Å²) < 4.78 is 24.0. The zero-order valence-electron chi connectivity index (χ0n) is 13.7. The van der Waals surface area contributed by atoms with Gasteiger partial charge in [0.25, 0.3) is 0 Å². The third kappa shape index (κ3) is 5.14. The van der Waals surface area contributed by atoms with Crippen molar-refractivity contribution in [3.63, 3.8) is 0 Å². The molecule has 0 saturated heterocycles. The number of nitrogens with zero attached hydrogens (tertiary/aromatic N) is 2. The number of nitrogens with two attached hydrogens (primary N) is 1. The Morgan fingerprint density at radius 1 is 1.44 bits per heavy atom. The SMILES string of the molecule is C=C1C(Br)=C(OC[C@@H](N)c2ccc(F)cc2)N=CN1CC(=O)OCC. The number of benzene rings is 1. The highest BCUT2D eigenvalue weighted by Gasteiger charge is 2.22. The summed E-state index contributed by atoms with van der Waals surface area (Å²) >= 11 is 3.36. The van der Waals surface area contributed by atoms with Crippen molar-refractivity contribution in [2.24, 2.45) is 10.7 Å². The Labute approximate surface area is 153 Å². The summed E-state index contributed by atoms with van der Waals surface area (Å²) in [5.41, 5.74) is 7.31. The standard InChI is InChI=1S/C17H19BrFN3O3/c1-3-24-15(23)8-22-10-21-17(16(18)11(22)2)25-9-14(20)12-4-6-13(19)7-5-12/h4-7,10,14H,2-3,8-9,20H2,1H3/t14-/m1/s1. The van der Waals surface area contributed by atoms with Gasteiger partial charge < -0.3 is 20.1 Å². The lowest BCUT2D eigenvalue weighted by Crippen LogP contribution is -2.31. The molecule has 1 heterocycles. The molecule has 1 aromatic rings. The average molecular weight is 412 g/mol. The van der Waals surface area contributed by atoms with E-state index in [0.717, 1.165) is 5.56 Å². The van der Waals surface area contributed by atoms with Gasteiger partial charge >= 0.3 is 5.97 Å². The van der Waals surface area contributed by atoms with E-state index in [1.807, 2.05) is 0 Å². The number of ether oxygens (including phenoxy) is 2. The normalized spacial score (nSPS) is 15.4. The van der Waals surface area contributed by atoms with Gasteiger partial charge in [0.1, 0.15) is 23.5 Å². The van der Waals surface area contributed by atoms with Gasteiger partial charge in [-0.2, -0.15) is 0 Å². The zero-order valence-corrected chi connectivity index (χ0v) is 15.3. The molecule has 1 aliphatic rings. The van der Waals surface area contributed by atoms with Gasteiger partial charge in [-0.05, 0) is 40.5 Å². The first-order chi connectivity index (χ1) is 11.9. The van der Waals surface area contributed by atoms with Crippen molar-refractivity contribution in [2.75, 3.05) is 19.8 Å². The minimum absolute atomic E-state index is 0.00759. The maximum atomic E-state index is 12.9. The van der Waals surface area contributed by atoms with Crippen LogP contribution in [0.3, 0.4) is 0 Å². The van der Waals surface area contributed by atoms with Crippen molar-refractivity contribution in [3.8, 4) is 0 Å². The van der Waals surface area contributed by atoms with Crippen molar-refractivity contribution in [2.45, 2.75) is 13.0 Å². The fraction of sp³-hybridized carbons (Fsp3) is 0.294. The molecule has 0 radical (unpaired) electrons. The molecular formula is C17H19BrFN3O3. The molecule has 25 heavy (non-hydrogen) atoms. The van der Waals surface area contributed by atoms with Gasteiger partial charge in [-0.25, -0.2) is 9.38 Å². The summed E-state index contributed by atoms with van der Waals surface area (Å²) in [4.78, 5) is 17.3. The van der Waals surface area contributed by atoms with Crippen molar-refractivity contribution < 1.29 is 18.7 Å². The predicted molar refractivity (Wildman–Crippen MR) is 96.2 cm³/mol. The number of carbonyl (C=O) groups is 1. The Kier molecular flexibility index (Phi) is 6.72. The molecule has 1 aromatic carbocycles. The van der Waals surface area contributed by atoms with Gasteiger partial charge in [0.05, 0.1) is 24.7 Å². The second-order valence-electron chi connectivity index (χ2n) is 5.21. The maximum absolute atomic E-state index is 12.9. The molecule has 0 aromatic heterocycles. The quantitative estimate of drug-likeness (QED) is 0.697. The summed E-state index contributed by atoms with van der Waals surface area (Å²) in [5.74, 6) is -0.391. The van der Waals surface area contributed by atoms with E-state index in [-0.39, 0.29) is 24.9 Å². The molecule has 0 spiro atoms. The molecular weight excluding hydrogens is 393 g/mol. The molecule has 2 N–H and O–H groups in total. The molecule has 0 fully saturated rings. The van der Waals surface area contributed by atoms with Crippen molar-refractivity contribution in [1.29, 1.82) is 0 Å². The van der Waals surface area contributed by atoms with E-state index in [0.29, 0.717) is 22.7 Å². The van der Waals surface area contributed by atoms with E-state index in [1.54, 1.807) is 24.0 Å². The van der Waals surface area contributed by atoms with Crippen LogP contribution in [0, 0.1) is 5.82 Å². The summed E-state index contributed by atoms with van der Waals surface area (Å²) in [7, 11) is 0. The highest BCUT2D eigenvalue weighted by Crippen LogP contribution is 2.28. The van der Waals surface area contributed by atoms with Crippen molar-refractivity contribution >= 4 is 28.2 Å². The second-order valence-corrected chi connectivity index (χ2v) is 6.01. The van der Waals surface area contributed by atoms with E-state index in [4.69, 9.17) is 15.2 Å². The van der Waals surface area contributed by atoms with E-state index in [9.17, 15) is 9.18 Å². The molecule has 0 aliphatic carbocycles. The first kappa shape index (κ1) is 19.1. The number of hydrogen-bond acceptors (Lipinski definition) is 6. The van der Waals surface area contributed by atoms with E-state index in [1.165, 1.54) is 18.5 Å². The first-order valence-corrected chi connectivity index (χ1v) is 8.41. The molecule has 2 rings (SSSR count). The Morgan fingerprint density at radius 3 is 2.76 bits per heavy atom. The Hall–Kier alpha value is -2.19. The van der Waals surface area contributed by atoms with E-state index in [2.05, 4.69) is 27.5 Å². The van der Waals surface area contributed by atoms with Gasteiger partial charge in [-0.3, -0.25) is 4.79 Å². The van der Waals surface area contributed by atoms with E-state index >= 15 is 0 Å². The fourth-order valence-electron chi connectivity index (χ4n) is 2.06. The number of allylic oxidation sites excluding steroid dienone is 1. The Balaban J connectivity index is 1.95. The van der Waals surface area contributed by atoms with Crippen molar-refractivity contribution in [1.82, 2.24) is 4.90 Å². The summed E-state index contributed by atoms with van der Waals surface area (Å²) in [5, 5.41) is 0. The van der Waals surface area contributed by atoms with Crippen molar-refractivity contribution in [3.05, 3.63) is 58.3 Å². The van der Waals surface area contributed by atoms with Crippen LogP contribution in [-0.2, 0) is 14.3 Å². The van der Waals surface area contributed by atoms with Crippen LogP contribution >= 0.6 is 15.9 Å². The van der Waals surface area contributed by atoms with Gasteiger partial charge in [-0.15, -0.1) is 0 Å². The smallest absolute Gasteiger partial charge is 0.325 e. The summed E-state index contributed by atoms with van der Waals surface area (Å²) in [6.07, 6.45) is 1.45. The Morgan fingerprint density at radius 2 is 2.12 bits per heavy atom. The number of aliphatic imine (C=N–C) groups is 1. The fourth-order valence-corrected chi connectivity index (χ4v) is 2.50. The minimum Gasteiger partial charge on any atom is -0.475 e. The zero-order chi connectivity index (χ0) is 18.4. The average Bonchev–Trinajstić information content (AvgIpc) is 2.59. The van der Waals surface area contributed by atoms with Gasteiger partial charge in [0.15, 0.2) is 0 Å². The lowest BCUT2D eigenvalue weighted by Gasteiger charge is -2.25. The third-order valence-electron chi connectivity index (χ3n) is 3.40. The largest absolute Gasteiger partial charge is 0.475 e. The highest BCUT2D eigenvalue weighted by atomic mass is 79.9. The predicted octanol–water partition coefficient (Wildman–Crippen LogP) is 2.83. The van der Waals surface area contributed by atoms with E-state index < -0.39 is 6.04 Å². The number of carbonyl (C=O) groups excluding carboxylic acids is 1. The molecule has 8 heteroatoms. The van der Waals surface area contributed by atoms with Crippen LogP contribution < -0.4 is 5.73 Å². The molecule has 134 valence electrons. The second kappa shape index (κ2) is 8.77. The number of esters is 1. The third-order valence-corrected chi connectivity index (χ3v) is 4.20. The lowest BCUT2D eigenvalue weighted by molar-refractivity contribution is -0.143. The van der Waals surface area contributed by atoms with Gasteiger partial charge in [0, 0.05) is 0 Å². The van der Waals surface area contributed by atoms with Crippen LogP contribution in [0.4, 0.5) is 4.39 Å². The molecule has 1 atom stereocenters. The maximum Gasteiger partial charge on any atom is 0.325 e. The molecule has 1 aliphatic heterocycles. The number of rotatable bonds is 7. The lowest BCUT2D eigenvalue weighted by atomic mass is 10.1. The van der Waals surface area contributed by atoms with Crippen LogP contribution in [0.1, 0.15) is 18.5 Å².